The molecule has 0 radical (unpaired) electrons. The Balaban J connectivity index is 2.25. The highest BCUT2D eigenvalue weighted by Gasteiger charge is 2.17. The van der Waals surface area contributed by atoms with E-state index in [9.17, 15) is 39.6 Å². The smallest absolute Gasteiger partial charge is 0.335 e. The van der Waals surface area contributed by atoms with E-state index in [-0.39, 0.29) is 39.1 Å². The minimum atomic E-state index is -1.32. The monoisotopic (exact) mass is 421 g/mol. The molecule has 0 aliphatic carbocycles. The summed E-state index contributed by atoms with van der Waals surface area (Å²) < 4.78 is 0. The van der Waals surface area contributed by atoms with E-state index in [1.807, 2.05) is 0 Å². The van der Waals surface area contributed by atoms with E-state index in [0.29, 0.717) is 11.1 Å². The number of benzene rings is 3. The molecule has 0 fully saturated rings. The van der Waals surface area contributed by atoms with E-state index in [2.05, 4.69) is 0 Å². The zero-order valence-corrected chi connectivity index (χ0v) is 15.7. The molecule has 0 amide bonds. The summed E-state index contributed by atoms with van der Waals surface area (Å²) in [5, 5.41) is 37.2. The molecule has 0 unspecified atom stereocenters. The molecule has 0 spiro atoms. The molecule has 0 aliphatic rings. The average molecular weight is 421 g/mol. The fraction of sp³-hybridized carbons (Fsp3) is 0. The average Bonchev–Trinajstić information content (AvgIpc) is 2.73. The standard InChI is InChI=1S/C22H15NO8/c23-18-16(10-4-12(19(24)25)8-13(5-10)20(26)27)2-1-3-17(18)11-6-14(21(28)29)9-15(7-11)22(30)31/h1-9H,23H2,(H,24,25)(H,26,27)(H,28,29)(H,30,31). The van der Waals surface area contributed by atoms with Gasteiger partial charge in [-0.25, -0.2) is 19.2 Å². The Bertz CT molecular complexity index is 1100. The van der Waals surface area contributed by atoms with Crippen LogP contribution in [0.1, 0.15) is 41.4 Å². The van der Waals surface area contributed by atoms with Crippen LogP contribution in [0.4, 0.5) is 5.69 Å². The maximum atomic E-state index is 11.4. The van der Waals surface area contributed by atoms with Crippen molar-refractivity contribution >= 4 is 29.6 Å². The van der Waals surface area contributed by atoms with Crippen molar-refractivity contribution < 1.29 is 39.6 Å². The lowest BCUT2D eigenvalue weighted by atomic mass is 9.92. The predicted octanol–water partition coefficient (Wildman–Crippen LogP) is 3.40. The molecule has 0 saturated carbocycles. The van der Waals surface area contributed by atoms with Crippen molar-refractivity contribution in [1.82, 2.24) is 0 Å². The first kappa shape index (κ1) is 21.1. The van der Waals surface area contributed by atoms with Gasteiger partial charge in [-0.15, -0.1) is 0 Å². The van der Waals surface area contributed by atoms with Gasteiger partial charge in [-0.3, -0.25) is 0 Å². The maximum absolute atomic E-state index is 11.4. The zero-order chi connectivity index (χ0) is 22.9. The van der Waals surface area contributed by atoms with Crippen LogP contribution in [0, 0.1) is 0 Å². The van der Waals surface area contributed by atoms with E-state index in [4.69, 9.17) is 5.73 Å². The van der Waals surface area contributed by atoms with Crippen molar-refractivity contribution in [1.29, 1.82) is 0 Å². The number of nitrogen functional groups attached to an aromatic ring is 1. The van der Waals surface area contributed by atoms with Gasteiger partial charge >= 0.3 is 23.9 Å². The Hall–Kier alpha value is -4.66. The Morgan fingerprint density at radius 2 is 0.839 bits per heavy atom. The number of hydrogen-bond acceptors (Lipinski definition) is 5. The van der Waals surface area contributed by atoms with Gasteiger partial charge in [-0.1, -0.05) is 18.2 Å². The van der Waals surface area contributed by atoms with Crippen LogP contribution in [-0.4, -0.2) is 44.3 Å². The van der Waals surface area contributed by atoms with E-state index in [1.165, 1.54) is 24.3 Å². The number of aromatic carboxylic acids is 4. The second kappa shape index (κ2) is 7.99. The van der Waals surface area contributed by atoms with Gasteiger partial charge in [-0.05, 0) is 47.5 Å². The van der Waals surface area contributed by atoms with E-state index >= 15 is 0 Å². The first-order valence-corrected chi connectivity index (χ1v) is 8.71. The number of nitrogens with two attached hydrogens (primary N) is 1. The van der Waals surface area contributed by atoms with Crippen LogP contribution in [-0.2, 0) is 0 Å². The molecule has 3 rings (SSSR count). The molecule has 0 heterocycles. The summed E-state index contributed by atoms with van der Waals surface area (Å²) in [5.74, 6) is -5.28. The number of carboxylic acids is 4. The van der Waals surface area contributed by atoms with Crippen LogP contribution in [0.5, 0.6) is 0 Å². The number of rotatable bonds is 6. The summed E-state index contributed by atoms with van der Waals surface area (Å²) in [6.07, 6.45) is 0. The molecule has 0 bridgehead atoms. The van der Waals surface area contributed by atoms with Gasteiger partial charge in [-0.2, -0.15) is 0 Å². The van der Waals surface area contributed by atoms with Crippen molar-refractivity contribution in [2.24, 2.45) is 0 Å². The number of carbonyl (C=O) groups is 4. The largest absolute Gasteiger partial charge is 0.478 e. The normalized spacial score (nSPS) is 10.5. The Labute approximate surface area is 174 Å². The van der Waals surface area contributed by atoms with Gasteiger partial charge in [0.05, 0.1) is 22.3 Å². The summed E-state index contributed by atoms with van der Waals surface area (Å²) in [7, 11) is 0. The van der Waals surface area contributed by atoms with Gasteiger partial charge in [0.25, 0.3) is 0 Å². The molecule has 31 heavy (non-hydrogen) atoms. The Morgan fingerprint density at radius 1 is 0.548 bits per heavy atom. The fourth-order valence-corrected chi connectivity index (χ4v) is 3.13. The Kier molecular flexibility index (Phi) is 5.43. The van der Waals surface area contributed by atoms with Crippen molar-refractivity contribution in [3.05, 3.63) is 76.9 Å². The molecule has 9 heteroatoms. The second-order valence-electron chi connectivity index (χ2n) is 6.59. The third-order valence-corrected chi connectivity index (χ3v) is 4.58. The summed E-state index contributed by atoms with van der Waals surface area (Å²) in [5.41, 5.74) is 6.43. The van der Waals surface area contributed by atoms with Crippen molar-refractivity contribution in [2.45, 2.75) is 0 Å². The fourth-order valence-electron chi connectivity index (χ4n) is 3.13. The summed E-state index contributed by atoms with van der Waals surface area (Å²) in [4.78, 5) is 45.6. The SMILES string of the molecule is Nc1c(-c2cc(C(=O)O)cc(C(=O)O)c2)cccc1-c1cc(C(=O)O)cc(C(=O)O)c1. The van der Waals surface area contributed by atoms with Crippen LogP contribution in [0.3, 0.4) is 0 Å². The van der Waals surface area contributed by atoms with Crippen LogP contribution in [0.15, 0.2) is 54.6 Å². The molecular weight excluding hydrogens is 406 g/mol. The van der Waals surface area contributed by atoms with Crippen LogP contribution < -0.4 is 5.73 Å². The van der Waals surface area contributed by atoms with Crippen LogP contribution >= 0.6 is 0 Å². The Morgan fingerprint density at radius 3 is 1.10 bits per heavy atom. The molecular formula is C22H15NO8. The van der Waals surface area contributed by atoms with E-state index in [0.717, 1.165) is 12.1 Å². The lowest BCUT2D eigenvalue weighted by Crippen LogP contribution is -2.05. The van der Waals surface area contributed by atoms with Gasteiger partial charge < -0.3 is 26.2 Å². The van der Waals surface area contributed by atoms with E-state index in [1.54, 1.807) is 18.2 Å². The minimum absolute atomic E-state index is 0.0975. The minimum Gasteiger partial charge on any atom is -0.478 e. The topological polar surface area (TPSA) is 175 Å². The van der Waals surface area contributed by atoms with Crippen LogP contribution in [0.25, 0.3) is 22.3 Å². The quantitative estimate of drug-likeness (QED) is 0.373. The molecule has 3 aromatic rings. The zero-order valence-electron chi connectivity index (χ0n) is 15.7. The van der Waals surface area contributed by atoms with Gasteiger partial charge in [0.15, 0.2) is 0 Å². The molecule has 0 aliphatic heterocycles. The van der Waals surface area contributed by atoms with Crippen LogP contribution in [0.2, 0.25) is 0 Å². The van der Waals surface area contributed by atoms with E-state index < -0.39 is 23.9 Å². The molecule has 156 valence electrons. The lowest BCUT2D eigenvalue weighted by molar-refractivity contribution is 0.0676. The van der Waals surface area contributed by atoms with Gasteiger partial charge in [0, 0.05) is 16.8 Å². The molecule has 0 atom stereocenters. The molecule has 0 aromatic heterocycles. The molecule has 0 saturated heterocycles. The van der Waals surface area contributed by atoms with Crippen molar-refractivity contribution in [3.63, 3.8) is 0 Å². The van der Waals surface area contributed by atoms with Crippen molar-refractivity contribution in [3.8, 4) is 22.3 Å². The summed E-state index contributed by atoms with van der Waals surface area (Å²) in [6, 6.07) is 11.7. The van der Waals surface area contributed by atoms with Crippen molar-refractivity contribution in [2.75, 3.05) is 5.73 Å². The van der Waals surface area contributed by atoms with Gasteiger partial charge in [0.2, 0.25) is 0 Å². The summed E-state index contributed by atoms with van der Waals surface area (Å²) in [6.45, 7) is 0. The molecule has 6 N–H and O–H groups in total. The van der Waals surface area contributed by atoms with Gasteiger partial charge in [0.1, 0.15) is 0 Å². The third-order valence-electron chi connectivity index (χ3n) is 4.58. The molecule has 3 aromatic carbocycles. The highest BCUT2D eigenvalue weighted by Crippen LogP contribution is 2.36. The summed E-state index contributed by atoms with van der Waals surface area (Å²) >= 11 is 0. The maximum Gasteiger partial charge on any atom is 0.335 e. The number of carboxylic acid groups (broad SMARTS) is 4. The number of hydrogen-bond donors (Lipinski definition) is 5. The number of para-hydroxylation sites is 1. The molecule has 9 nitrogen and oxygen atoms in total. The lowest BCUT2D eigenvalue weighted by Gasteiger charge is -2.14. The first-order chi connectivity index (χ1) is 14.6. The first-order valence-electron chi connectivity index (χ1n) is 8.71. The predicted molar refractivity (Wildman–Crippen MR) is 110 cm³/mol. The third kappa shape index (κ3) is 4.20. The highest BCUT2D eigenvalue weighted by atomic mass is 16.4. The number of anilines is 1. The highest BCUT2D eigenvalue weighted by molar-refractivity contribution is 6.00. The second-order valence-corrected chi connectivity index (χ2v) is 6.59.